The molecule has 0 aromatic heterocycles. The molecule has 0 saturated carbocycles. The van der Waals surface area contributed by atoms with E-state index in [1.165, 1.54) is 22.3 Å². The Kier molecular flexibility index (Phi) is 1.06. The van der Waals surface area contributed by atoms with Crippen molar-refractivity contribution in [2.45, 2.75) is 0 Å². The molecule has 2 aliphatic rings. The van der Waals surface area contributed by atoms with Gasteiger partial charge in [0.2, 0.25) is 0 Å². The summed E-state index contributed by atoms with van der Waals surface area (Å²) in [5, 5.41) is 0. The Morgan fingerprint density at radius 2 is 1.91 bits per heavy atom. The van der Waals surface area contributed by atoms with E-state index in [0.29, 0.717) is 0 Å². The van der Waals surface area contributed by atoms with Crippen molar-refractivity contribution in [1.82, 2.24) is 6.15 Å². The maximum atomic E-state index is 2.24. The quantitative estimate of drug-likeness (QED) is 0.595. The summed E-state index contributed by atoms with van der Waals surface area (Å²) in [7, 11) is 0. The summed E-state index contributed by atoms with van der Waals surface area (Å²) in [6.07, 6.45) is 6.61. The molecule has 0 spiro atoms. The third-order valence-corrected chi connectivity index (χ3v) is 2.19. The number of benzene rings is 1. The SMILES string of the molecule is C1=Cc2c3cccc2C1=C3.N. The minimum Gasteiger partial charge on any atom is -0.344 e. The van der Waals surface area contributed by atoms with E-state index < -0.39 is 0 Å². The first-order valence-electron chi connectivity index (χ1n) is 3.48. The highest BCUT2D eigenvalue weighted by molar-refractivity contribution is 6.05. The monoisotopic (exact) mass is 143 g/mol. The first-order valence-corrected chi connectivity index (χ1v) is 3.48. The van der Waals surface area contributed by atoms with E-state index in [0.717, 1.165) is 0 Å². The fraction of sp³-hybridized carbons (Fsp3) is 0. The molecule has 0 amide bonds. The molecule has 1 aromatic carbocycles. The molecule has 1 heteroatoms. The highest BCUT2D eigenvalue weighted by atomic mass is 14.2. The van der Waals surface area contributed by atoms with Crippen molar-refractivity contribution in [2.75, 3.05) is 0 Å². The Bertz CT molecular complexity index is 372. The van der Waals surface area contributed by atoms with Gasteiger partial charge in [-0.05, 0) is 28.3 Å². The third kappa shape index (κ3) is 0.583. The molecule has 0 aliphatic heterocycles. The van der Waals surface area contributed by atoms with Crippen LogP contribution in [0.3, 0.4) is 0 Å². The van der Waals surface area contributed by atoms with Gasteiger partial charge in [0.25, 0.3) is 0 Å². The smallest absolute Gasteiger partial charge is 0.0105 e. The van der Waals surface area contributed by atoms with Gasteiger partial charge in [-0.3, -0.25) is 0 Å². The van der Waals surface area contributed by atoms with Crippen LogP contribution in [0.4, 0.5) is 0 Å². The van der Waals surface area contributed by atoms with E-state index in [2.05, 4.69) is 36.4 Å². The van der Waals surface area contributed by atoms with Gasteiger partial charge < -0.3 is 6.15 Å². The van der Waals surface area contributed by atoms with E-state index in [-0.39, 0.29) is 6.15 Å². The normalized spacial score (nSPS) is 14.7. The molecule has 4 bridgehead atoms. The summed E-state index contributed by atoms with van der Waals surface area (Å²) in [5.41, 5.74) is 5.60. The zero-order valence-electron chi connectivity index (χ0n) is 6.17. The standard InChI is InChI=1S/C10H6.H3N/c1-2-7-6-8-4-5-10(7)9(8)3-1;/h1-6H;1H3. The molecule has 0 radical (unpaired) electrons. The molecule has 3 N–H and O–H groups in total. The topological polar surface area (TPSA) is 35.0 Å². The highest BCUT2D eigenvalue weighted by Gasteiger charge is 2.18. The molecule has 1 aromatic rings. The highest BCUT2D eigenvalue weighted by Crippen LogP contribution is 2.39. The van der Waals surface area contributed by atoms with Gasteiger partial charge in [-0.2, -0.15) is 0 Å². The van der Waals surface area contributed by atoms with Gasteiger partial charge >= 0.3 is 0 Å². The first kappa shape index (κ1) is 6.38. The minimum atomic E-state index is 0. The second kappa shape index (κ2) is 1.83. The lowest BCUT2D eigenvalue weighted by molar-refractivity contribution is 1.63. The molecule has 54 valence electrons. The number of rotatable bonds is 0. The van der Waals surface area contributed by atoms with Crippen LogP contribution in [0, 0.1) is 0 Å². The van der Waals surface area contributed by atoms with Crippen LogP contribution < -0.4 is 6.15 Å². The minimum absolute atomic E-state index is 0. The molecule has 2 aliphatic carbocycles. The van der Waals surface area contributed by atoms with Crippen LogP contribution in [-0.2, 0) is 0 Å². The van der Waals surface area contributed by atoms with E-state index in [4.69, 9.17) is 0 Å². The van der Waals surface area contributed by atoms with Gasteiger partial charge in [-0.15, -0.1) is 0 Å². The van der Waals surface area contributed by atoms with Gasteiger partial charge in [-0.1, -0.05) is 30.4 Å². The second-order valence-electron chi connectivity index (χ2n) is 2.74. The Hall–Kier alpha value is -1.34. The predicted octanol–water partition coefficient (Wildman–Crippen LogP) is 2.73. The number of hydrogen-bond donors (Lipinski definition) is 1. The summed E-state index contributed by atoms with van der Waals surface area (Å²) in [5.74, 6) is 0. The van der Waals surface area contributed by atoms with Crippen LogP contribution in [-0.4, -0.2) is 0 Å². The van der Waals surface area contributed by atoms with Crippen molar-refractivity contribution in [3.8, 4) is 0 Å². The van der Waals surface area contributed by atoms with Crippen molar-refractivity contribution in [3.63, 3.8) is 0 Å². The molecular weight excluding hydrogens is 134 g/mol. The molecular formula is C10H9N. The van der Waals surface area contributed by atoms with Crippen LogP contribution in [0.25, 0.3) is 17.7 Å². The van der Waals surface area contributed by atoms with Gasteiger partial charge in [0.1, 0.15) is 0 Å². The van der Waals surface area contributed by atoms with Crippen LogP contribution in [0.2, 0.25) is 0 Å². The Morgan fingerprint density at radius 3 is 2.64 bits per heavy atom. The molecule has 3 rings (SSSR count). The molecule has 0 atom stereocenters. The Balaban J connectivity index is 0.000000480. The molecule has 1 nitrogen and oxygen atoms in total. The van der Waals surface area contributed by atoms with Crippen molar-refractivity contribution in [2.24, 2.45) is 0 Å². The molecule has 0 saturated heterocycles. The van der Waals surface area contributed by atoms with E-state index in [1.54, 1.807) is 0 Å². The molecule has 11 heavy (non-hydrogen) atoms. The maximum Gasteiger partial charge on any atom is -0.0105 e. The Labute approximate surface area is 65.6 Å². The molecule has 0 fully saturated rings. The summed E-state index contributed by atoms with van der Waals surface area (Å²) < 4.78 is 0. The fourth-order valence-electron chi connectivity index (χ4n) is 1.70. The third-order valence-electron chi connectivity index (χ3n) is 2.19. The average Bonchev–Trinajstić information content (AvgIpc) is 2.44. The molecule has 0 unspecified atom stereocenters. The van der Waals surface area contributed by atoms with Crippen LogP contribution in [0.15, 0.2) is 24.3 Å². The van der Waals surface area contributed by atoms with Gasteiger partial charge in [0.05, 0.1) is 0 Å². The van der Waals surface area contributed by atoms with Crippen LogP contribution >= 0.6 is 0 Å². The summed E-state index contributed by atoms with van der Waals surface area (Å²) in [6, 6.07) is 6.46. The summed E-state index contributed by atoms with van der Waals surface area (Å²) >= 11 is 0. The van der Waals surface area contributed by atoms with E-state index in [9.17, 15) is 0 Å². The first-order chi connectivity index (χ1) is 4.95. The van der Waals surface area contributed by atoms with Gasteiger partial charge in [0.15, 0.2) is 0 Å². The fourth-order valence-corrected chi connectivity index (χ4v) is 1.70. The second-order valence-corrected chi connectivity index (χ2v) is 2.74. The lowest BCUT2D eigenvalue weighted by Gasteiger charge is -1.93. The molecule has 0 heterocycles. The van der Waals surface area contributed by atoms with Crippen molar-refractivity contribution in [3.05, 3.63) is 41.0 Å². The maximum absolute atomic E-state index is 2.24. The summed E-state index contributed by atoms with van der Waals surface area (Å²) in [6.45, 7) is 0. The zero-order valence-corrected chi connectivity index (χ0v) is 6.17. The van der Waals surface area contributed by atoms with Crippen molar-refractivity contribution >= 4 is 17.7 Å². The van der Waals surface area contributed by atoms with E-state index >= 15 is 0 Å². The van der Waals surface area contributed by atoms with Gasteiger partial charge in [0, 0.05) is 0 Å². The lowest BCUT2D eigenvalue weighted by Crippen LogP contribution is -1.75. The van der Waals surface area contributed by atoms with Crippen molar-refractivity contribution in [1.29, 1.82) is 0 Å². The van der Waals surface area contributed by atoms with Gasteiger partial charge in [-0.25, -0.2) is 0 Å². The van der Waals surface area contributed by atoms with Crippen LogP contribution in [0.1, 0.15) is 16.7 Å². The van der Waals surface area contributed by atoms with Crippen molar-refractivity contribution < 1.29 is 0 Å². The zero-order chi connectivity index (χ0) is 6.55. The number of allylic oxidation sites excluding steroid dienone is 2. The van der Waals surface area contributed by atoms with Crippen LogP contribution in [0.5, 0.6) is 0 Å². The van der Waals surface area contributed by atoms with E-state index in [1.807, 2.05) is 0 Å². The largest absolute Gasteiger partial charge is 0.344 e. The predicted molar refractivity (Wildman–Crippen MR) is 48.4 cm³/mol. The number of hydrogen-bond acceptors (Lipinski definition) is 1. The Morgan fingerprint density at radius 1 is 1.00 bits per heavy atom. The average molecular weight is 143 g/mol. The summed E-state index contributed by atoms with van der Waals surface area (Å²) in [4.78, 5) is 0. The lowest BCUT2D eigenvalue weighted by atomic mass is 10.1.